The van der Waals surface area contributed by atoms with Crippen LogP contribution < -0.4 is 0 Å². The molecular formula is C11H15NO2S2. The molecule has 1 fully saturated rings. The van der Waals surface area contributed by atoms with Crippen molar-refractivity contribution >= 4 is 29.1 Å². The topological polar surface area (TPSA) is 50.2 Å². The van der Waals surface area contributed by atoms with Gasteiger partial charge in [0.2, 0.25) is 0 Å². The minimum Gasteiger partial charge on any atom is -0.481 e. The van der Waals surface area contributed by atoms with E-state index < -0.39 is 5.97 Å². The SMILES string of the molecule is O=C(O)CCc1csc(CC2CCCS2)n1. The van der Waals surface area contributed by atoms with E-state index in [0.29, 0.717) is 6.42 Å². The van der Waals surface area contributed by atoms with Crippen LogP contribution in [0.25, 0.3) is 0 Å². The van der Waals surface area contributed by atoms with Gasteiger partial charge in [0, 0.05) is 23.5 Å². The van der Waals surface area contributed by atoms with Gasteiger partial charge < -0.3 is 5.11 Å². The third-order valence-electron chi connectivity index (χ3n) is 2.62. The van der Waals surface area contributed by atoms with Crippen LogP contribution in [0.1, 0.15) is 30.0 Å². The van der Waals surface area contributed by atoms with Crippen molar-refractivity contribution in [3.8, 4) is 0 Å². The van der Waals surface area contributed by atoms with Crippen molar-refractivity contribution in [3.63, 3.8) is 0 Å². The summed E-state index contributed by atoms with van der Waals surface area (Å²) >= 11 is 3.71. The van der Waals surface area contributed by atoms with Gasteiger partial charge in [-0.2, -0.15) is 11.8 Å². The average Bonchev–Trinajstić information content (AvgIpc) is 2.87. The number of carboxylic acids is 1. The molecule has 0 bridgehead atoms. The van der Waals surface area contributed by atoms with Crippen LogP contribution in [0.3, 0.4) is 0 Å². The number of nitrogens with zero attached hydrogens (tertiary/aromatic N) is 1. The van der Waals surface area contributed by atoms with E-state index in [0.717, 1.165) is 17.4 Å². The number of aliphatic carboxylic acids is 1. The Hall–Kier alpha value is -0.550. The Morgan fingerprint density at radius 1 is 1.62 bits per heavy atom. The molecule has 2 heterocycles. The first-order valence-electron chi connectivity index (χ1n) is 5.50. The number of thiazole rings is 1. The summed E-state index contributed by atoms with van der Waals surface area (Å²) in [6, 6.07) is 0. The minimum atomic E-state index is -0.749. The summed E-state index contributed by atoms with van der Waals surface area (Å²) in [5.41, 5.74) is 0.936. The highest BCUT2D eigenvalue weighted by molar-refractivity contribution is 8.00. The van der Waals surface area contributed by atoms with E-state index in [-0.39, 0.29) is 6.42 Å². The van der Waals surface area contributed by atoms with Crippen molar-refractivity contribution in [2.75, 3.05) is 5.75 Å². The standard InChI is InChI=1S/C11H15NO2S2/c13-11(14)4-3-8-7-16-10(12-8)6-9-2-1-5-15-9/h7,9H,1-6H2,(H,13,14). The van der Waals surface area contributed by atoms with Gasteiger partial charge in [-0.1, -0.05) is 0 Å². The van der Waals surface area contributed by atoms with E-state index in [9.17, 15) is 4.79 Å². The van der Waals surface area contributed by atoms with E-state index in [2.05, 4.69) is 4.98 Å². The highest BCUT2D eigenvalue weighted by atomic mass is 32.2. The largest absolute Gasteiger partial charge is 0.481 e. The third kappa shape index (κ3) is 3.49. The van der Waals surface area contributed by atoms with Gasteiger partial charge in [-0.25, -0.2) is 4.98 Å². The molecule has 1 aliphatic heterocycles. The van der Waals surface area contributed by atoms with Crippen molar-refractivity contribution in [2.45, 2.75) is 37.4 Å². The molecule has 1 N–H and O–H groups in total. The van der Waals surface area contributed by atoms with Crippen molar-refractivity contribution in [1.29, 1.82) is 0 Å². The predicted octanol–water partition coefficient (Wildman–Crippen LogP) is 2.60. The molecule has 0 aromatic carbocycles. The minimum absolute atomic E-state index is 0.182. The van der Waals surface area contributed by atoms with E-state index in [1.54, 1.807) is 11.3 Å². The van der Waals surface area contributed by atoms with Crippen LogP contribution in [-0.2, 0) is 17.6 Å². The van der Waals surface area contributed by atoms with Gasteiger partial charge in [0.1, 0.15) is 0 Å². The zero-order chi connectivity index (χ0) is 11.4. The molecule has 1 saturated heterocycles. The molecule has 5 heteroatoms. The summed E-state index contributed by atoms with van der Waals surface area (Å²) in [6.45, 7) is 0. The van der Waals surface area contributed by atoms with Gasteiger partial charge in [0.15, 0.2) is 0 Å². The van der Waals surface area contributed by atoms with Crippen molar-refractivity contribution < 1.29 is 9.90 Å². The molecule has 0 aliphatic carbocycles. The predicted molar refractivity (Wildman–Crippen MR) is 67.3 cm³/mol. The van der Waals surface area contributed by atoms with E-state index in [1.807, 2.05) is 17.1 Å². The van der Waals surface area contributed by atoms with Crippen molar-refractivity contribution in [2.24, 2.45) is 0 Å². The van der Waals surface area contributed by atoms with Gasteiger partial charge in [0.05, 0.1) is 17.1 Å². The maximum Gasteiger partial charge on any atom is 0.303 e. The maximum absolute atomic E-state index is 10.4. The van der Waals surface area contributed by atoms with Crippen LogP contribution in [0.15, 0.2) is 5.38 Å². The molecule has 3 nitrogen and oxygen atoms in total. The number of carbonyl (C=O) groups is 1. The number of aryl methyl sites for hydroxylation is 1. The molecule has 1 unspecified atom stereocenters. The molecule has 1 aromatic heterocycles. The number of aromatic nitrogens is 1. The molecule has 0 radical (unpaired) electrons. The van der Waals surface area contributed by atoms with Gasteiger partial charge in [0.25, 0.3) is 0 Å². The normalized spacial score (nSPS) is 20.1. The van der Waals surface area contributed by atoms with Gasteiger partial charge >= 0.3 is 5.97 Å². The van der Waals surface area contributed by atoms with Crippen LogP contribution in [-0.4, -0.2) is 27.1 Å². The fraction of sp³-hybridized carbons (Fsp3) is 0.636. The van der Waals surface area contributed by atoms with Crippen LogP contribution in [0.5, 0.6) is 0 Å². The second kappa shape index (κ2) is 5.68. The Kier molecular flexibility index (Phi) is 4.23. The summed E-state index contributed by atoms with van der Waals surface area (Å²) in [5.74, 6) is 0.531. The zero-order valence-corrected chi connectivity index (χ0v) is 10.6. The zero-order valence-electron chi connectivity index (χ0n) is 9.02. The summed E-state index contributed by atoms with van der Waals surface area (Å²) in [5, 5.41) is 12.5. The second-order valence-corrected chi connectivity index (χ2v) is 6.32. The molecule has 0 spiro atoms. The lowest BCUT2D eigenvalue weighted by molar-refractivity contribution is -0.136. The average molecular weight is 257 g/mol. The quantitative estimate of drug-likeness (QED) is 0.881. The lowest BCUT2D eigenvalue weighted by Crippen LogP contribution is -2.02. The summed E-state index contributed by atoms with van der Waals surface area (Å²) in [6.07, 6.45) is 4.43. The Morgan fingerprint density at radius 3 is 3.19 bits per heavy atom. The monoisotopic (exact) mass is 257 g/mol. The molecule has 1 aliphatic rings. The van der Waals surface area contributed by atoms with Crippen LogP contribution in [0.2, 0.25) is 0 Å². The molecule has 1 aromatic rings. The molecule has 2 rings (SSSR count). The second-order valence-electron chi connectivity index (χ2n) is 3.97. The Bertz CT molecular complexity index is 359. The number of thioether (sulfide) groups is 1. The van der Waals surface area contributed by atoms with Crippen LogP contribution in [0.4, 0.5) is 0 Å². The van der Waals surface area contributed by atoms with Crippen molar-refractivity contribution in [1.82, 2.24) is 4.98 Å². The van der Waals surface area contributed by atoms with E-state index in [4.69, 9.17) is 5.11 Å². The first kappa shape index (κ1) is 11.9. The number of rotatable bonds is 5. The highest BCUT2D eigenvalue weighted by Gasteiger charge is 2.17. The third-order valence-corrected chi connectivity index (χ3v) is 4.94. The first-order valence-corrected chi connectivity index (χ1v) is 7.43. The van der Waals surface area contributed by atoms with Crippen LogP contribution >= 0.6 is 23.1 Å². The Balaban J connectivity index is 1.84. The van der Waals surface area contributed by atoms with E-state index in [1.165, 1.54) is 23.6 Å². The number of hydrogen-bond acceptors (Lipinski definition) is 4. The first-order chi connectivity index (χ1) is 7.74. The van der Waals surface area contributed by atoms with Crippen molar-refractivity contribution in [3.05, 3.63) is 16.1 Å². The summed E-state index contributed by atoms with van der Waals surface area (Å²) < 4.78 is 0. The summed E-state index contributed by atoms with van der Waals surface area (Å²) in [7, 11) is 0. The van der Waals surface area contributed by atoms with Gasteiger partial charge in [-0.15, -0.1) is 11.3 Å². The molecule has 0 amide bonds. The maximum atomic E-state index is 10.4. The fourth-order valence-electron chi connectivity index (χ4n) is 1.79. The lowest BCUT2D eigenvalue weighted by Gasteiger charge is -2.03. The Labute approximate surface area is 103 Å². The highest BCUT2D eigenvalue weighted by Crippen LogP contribution is 2.29. The van der Waals surface area contributed by atoms with Gasteiger partial charge in [-0.3, -0.25) is 4.79 Å². The molecule has 0 saturated carbocycles. The molecule has 88 valence electrons. The van der Waals surface area contributed by atoms with Gasteiger partial charge in [-0.05, 0) is 18.6 Å². The number of carboxylic acid groups (broad SMARTS) is 1. The smallest absolute Gasteiger partial charge is 0.303 e. The molecular weight excluding hydrogens is 242 g/mol. The molecule has 1 atom stereocenters. The molecule has 16 heavy (non-hydrogen) atoms. The van der Waals surface area contributed by atoms with Crippen LogP contribution in [0, 0.1) is 0 Å². The Morgan fingerprint density at radius 2 is 2.50 bits per heavy atom. The van der Waals surface area contributed by atoms with E-state index >= 15 is 0 Å². The fourth-order valence-corrected chi connectivity index (χ4v) is 4.08. The lowest BCUT2D eigenvalue weighted by atomic mass is 10.2. The number of hydrogen-bond donors (Lipinski definition) is 1. The summed E-state index contributed by atoms with van der Waals surface area (Å²) in [4.78, 5) is 14.9.